The molecule has 6 heterocycles. The van der Waals surface area contributed by atoms with Crippen LogP contribution >= 0.6 is 0 Å². The standard InChI is InChI=1S/C19H19FN4.C19H18FN3O3S.C18H16FN3O/c1-21-17-8-7-15-14(9-10-22-19(15)17)16-11-24(2)23-18(16)12-3-5-13(20)6-4-12;1-23-11-16(18(22-23)12-3-5-13(20)6-4-12)14-9-10-21-19-15(14)7-8-17(19)26-27(2,24)25;1-22-10-15(17(21-22)11-2-4-12(19)5-3-11)13-8-9-20-18-14(13)6-7-16(18)23/h3-6,9-11,17,21H,7-8H2,1-2H3;3-6,9-11,17H,7-8H2,1-2H3;2-5,8-10,16,23H,6-7H2,1H3. The zero-order valence-electron chi connectivity index (χ0n) is 41.3. The van der Waals surface area contributed by atoms with Gasteiger partial charge in [0.05, 0.1) is 29.4 Å². The third kappa shape index (κ3) is 10.3. The lowest BCUT2D eigenvalue weighted by Gasteiger charge is -2.11. The van der Waals surface area contributed by atoms with Gasteiger partial charge in [0.15, 0.2) is 0 Å². The number of aliphatic hydroxyl groups excluding tert-OH is 1. The first-order valence-corrected chi connectivity index (χ1v) is 26.0. The summed E-state index contributed by atoms with van der Waals surface area (Å²) in [6, 6.07) is 25.3. The van der Waals surface area contributed by atoms with Gasteiger partial charge in [0.25, 0.3) is 10.1 Å². The maximum absolute atomic E-state index is 13.3. The lowest BCUT2D eigenvalue weighted by molar-refractivity contribution is 0.176. The van der Waals surface area contributed by atoms with Gasteiger partial charge < -0.3 is 10.4 Å². The van der Waals surface area contributed by atoms with E-state index in [1.807, 2.05) is 69.8 Å². The number of halogens is 3. The molecule has 0 spiro atoms. The molecule has 0 radical (unpaired) electrons. The Bertz CT molecular complexity index is 3620. The fourth-order valence-electron chi connectivity index (χ4n) is 10.3. The highest BCUT2D eigenvalue weighted by atomic mass is 32.2. The Kier molecular flexibility index (Phi) is 14.0. The topological polar surface area (TPSA) is 168 Å². The number of fused-ring (bicyclic) bond motifs is 3. The molecule has 18 heteroatoms. The Hall–Kier alpha value is -7.64. The zero-order chi connectivity index (χ0) is 51.8. The second kappa shape index (κ2) is 20.7. The van der Waals surface area contributed by atoms with Crippen molar-refractivity contribution >= 4 is 10.1 Å². The minimum Gasteiger partial charge on any atom is -0.387 e. The van der Waals surface area contributed by atoms with Crippen LogP contribution in [0.2, 0.25) is 0 Å². The number of pyridine rings is 3. The summed E-state index contributed by atoms with van der Waals surface area (Å²) in [5.74, 6) is -0.807. The van der Waals surface area contributed by atoms with Crippen molar-refractivity contribution in [2.45, 2.75) is 56.8 Å². The number of aliphatic hydroxyl groups is 1. The molecule has 378 valence electrons. The number of aromatic nitrogens is 9. The molecule has 3 aliphatic rings. The first-order valence-electron chi connectivity index (χ1n) is 24.2. The minimum absolute atomic E-state index is 0.238. The van der Waals surface area contributed by atoms with Gasteiger partial charge in [-0.3, -0.25) is 33.2 Å². The molecule has 3 aliphatic carbocycles. The van der Waals surface area contributed by atoms with E-state index in [1.54, 1.807) is 58.2 Å². The van der Waals surface area contributed by atoms with E-state index in [9.17, 15) is 26.7 Å². The van der Waals surface area contributed by atoms with Crippen LogP contribution in [0.1, 0.15) is 71.3 Å². The Morgan fingerprint density at radius 3 is 1.31 bits per heavy atom. The van der Waals surface area contributed by atoms with E-state index in [2.05, 4.69) is 41.6 Å². The molecular weight excluding hydrogens is 966 g/mol. The van der Waals surface area contributed by atoms with Gasteiger partial charge in [0.1, 0.15) is 40.6 Å². The van der Waals surface area contributed by atoms with Crippen molar-refractivity contribution in [3.8, 4) is 67.2 Å². The number of aryl methyl sites for hydroxylation is 3. The van der Waals surface area contributed by atoms with Gasteiger partial charge in [-0.25, -0.2) is 13.2 Å². The molecule has 0 aliphatic heterocycles. The van der Waals surface area contributed by atoms with E-state index < -0.39 is 22.3 Å². The quantitative estimate of drug-likeness (QED) is 0.132. The average Bonchev–Trinajstić information content (AvgIpc) is 4.27. The van der Waals surface area contributed by atoms with Crippen LogP contribution in [-0.2, 0) is 54.7 Å². The van der Waals surface area contributed by atoms with Crippen molar-refractivity contribution in [2.75, 3.05) is 13.3 Å². The van der Waals surface area contributed by atoms with Crippen molar-refractivity contribution in [3.63, 3.8) is 0 Å². The average molecular weight is 1020 g/mol. The summed E-state index contributed by atoms with van der Waals surface area (Å²) in [7, 11) is 4.01. The van der Waals surface area contributed by atoms with Gasteiger partial charge in [0.2, 0.25) is 0 Å². The third-order valence-corrected chi connectivity index (χ3v) is 14.2. The van der Waals surface area contributed by atoms with Gasteiger partial charge in [-0.2, -0.15) is 23.7 Å². The van der Waals surface area contributed by atoms with Crippen LogP contribution in [0.5, 0.6) is 0 Å². The molecule has 2 N–H and O–H groups in total. The highest BCUT2D eigenvalue weighted by Gasteiger charge is 2.32. The molecule has 0 bridgehead atoms. The van der Waals surface area contributed by atoms with E-state index in [4.69, 9.17) is 4.18 Å². The number of nitrogens with one attached hydrogen (secondary N) is 1. The molecule has 74 heavy (non-hydrogen) atoms. The Balaban J connectivity index is 0.000000127. The second-order valence-electron chi connectivity index (χ2n) is 18.6. The second-order valence-corrected chi connectivity index (χ2v) is 20.2. The monoisotopic (exact) mass is 1020 g/mol. The smallest absolute Gasteiger partial charge is 0.265 e. The molecule has 0 amide bonds. The molecule has 12 rings (SSSR count). The maximum Gasteiger partial charge on any atom is 0.265 e. The van der Waals surface area contributed by atoms with E-state index >= 15 is 0 Å². The first-order chi connectivity index (χ1) is 35.6. The van der Waals surface area contributed by atoms with Crippen molar-refractivity contribution in [1.82, 2.24) is 49.6 Å². The lowest BCUT2D eigenvalue weighted by Crippen LogP contribution is -2.14. The van der Waals surface area contributed by atoms with Crippen LogP contribution in [0, 0.1) is 17.5 Å². The molecule has 3 unspecified atom stereocenters. The SMILES string of the molecule is CNC1CCc2c(-c3cn(C)nc3-c3ccc(F)cc3)ccnc21.Cn1cc(-c2ccnc3c2CCC3O)c(-c2ccc(F)cc2)n1.Cn1cc(-c2ccnc3c2CCC3OS(C)(=O)=O)c(-c2ccc(F)cc2)n1. The summed E-state index contributed by atoms with van der Waals surface area (Å²) in [5.41, 5.74) is 17.0. The van der Waals surface area contributed by atoms with Gasteiger partial charge in [-0.05, 0) is 170 Å². The highest BCUT2D eigenvalue weighted by molar-refractivity contribution is 7.86. The number of rotatable bonds is 9. The predicted octanol–water partition coefficient (Wildman–Crippen LogP) is 10.0. The van der Waals surface area contributed by atoms with Gasteiger partial charge in [-0.15, -0.1) is 0 Å². The summed E-state index contributed by atoms with van der Waals surface area (Å²) in [6.07, 6.45) is 15.9. The van der Waals surface area contributed by atoms with Crippen LogP contribution in [0.25, 0.3) is 67.2 Å². The van der Waals surface area contributed by atoms with Gasteiger partial charge in [0, 0.05) is 97.7 Å². The zero-order valence-corrected chi connectivity index (χ0v) is 42.2. The number of nitrogens with zero attached hydrogens (tertiary/aromatic N) is 9. The molecule has 3 atom stereocenters. The summed E-state index contributed by atoms with van der Waals surface area (Å²) >= 11 is 0. The molecule has 9 aromatic rings. The fourth-order valence-corrected chi connectivity index (χ4v) is 10.9. The van der Waals surface area contributed by atoms with Crippen LogP contribution < -0.4 is 5.32 Å². The highest BCUT2D eigenvalue weighted by Crippen LogP contribution is 2.43. The van der Waals surface area contributed by atoms with Crippen molar-refractivity contribution in [3.05, 3.63) is 179 Å². The van der Waals surface area contributed by atoms with Crippen LogP contribution in [0.3, 0.4) is 0 Å². The van der Waals surface area contributed by atoms with E-state index in [0.29, 0.717) is 31.0 Å². The summed E-state index contributed by atoms with van der Waals surface area (Å²) in [6.45, 7) is 0. The summed E-state index contributed by atoms with van der Waals surface area (Å²) in [5, 5.41) is 27.1. The largest absolute Gasteiger partial charge is 0.387 e. The van der Waals surface area contributed by atoms with Gasteiger partial charge in [-0.1, -0.05) is 0 Å². The Morgan fingerprint density at radius 1 is 0.527 bits per heavy atom. The first kappa shape index (κ1) is 49.9. The number of hydrogen-bond donors (Lipinski definition) is 2. The van der Waals surface area contributed by atoms with E-state index in [-0.39, 0.29) is 17.5 Å². The van der Waals surface area contributed by atoms with Crippen LogP contribution in [-0.4, -0.2) is 71.1 Å². The molecule has 0 saturated heterocycles. The predicted molar refractivity (Wildman–Crippen MR) is 276 cm³/mol. The number of benzene rings is 3. The normalized spacial score (nSPS) is 16.5. The fraction of sp³-hybridized carbons (Fsp3) is 0.250. The summed E-state index contributed by atoms with van der Waals surface area (Å²) in [4.78, 5) is 13.3. The molecular formula is C56H53F3N10O4S. The maximum atomic E-state index is 13.3. The van der Waals surface area contributed by atoms with E-state index in [0.717, 1.165) is 110 Å². The number of hydrogen-bond acceptors (Lipinski definition) is 11. The third-order valence-electron chi connectivity index (χ3n) is 13.6. The van der Waals surface area contributed by atoms with Crippen molar-refractivity contribution in [1.29, 1.82) is 0 Å². The van der Waals surface area contributed by atoms with Crippen LogP contribution in [0.15, 0.2) is 128 Å². The lowest BCUT2D eigenvalue weighted by atomic mass is 9.97. The van der Waals surface area contributed by atoms with Gasteiger partial charge >= 0.3 is 0 Å². The van der Waals surface area contributed by atoms with Crippen molar-refractivity contribution < 1.29 is 30.9 Å². The molecule has 0 saturated carbocycles. The summed E-state index contributed by atoms with van der Waals surface area (Å²) < 4.78 is 73.3. The van der Waals surface area contributed by atoms with Crippen molar-refractivity contribution in [2.24, 2.45) is 21.1 Å². The minimum atomic E-state index is -3.57. The van der Waals surface area contributed by atoms with E-state index in [1.165, 1.54) is 47.5 Å². The Labute approximate surface area is 426 Å². The molecule has 0 fully saturated rings. The molecule has 3 aromatic carbocycles. The molecule has 6 aromatic heterocycles. The molecule has 14 nitrogen and oxygen atoms in total. The Morgan fingerprint density at radius 2 is 0.892 bits per heavy atom. The van der Waals surface area contributed by atoms with Crippen LogP contribution in [0.4, 0.5) is 13.2 Å².